The maximum Gasteiger partial charge on any atom is 0.268 e. The summed E-state index contributed by atoms with van der Waals surface area (Å²) in [5.74, 6) is -0.219. The number of rotatable bonds is 36. The SMILES string of the molecule is CCCCCC/C=C\CCCCCCCC(=O)NC(COP(=O)([O-])OCC[N+](C)(C)C)C(O)/C=C/CC/C=C/CCCCCCCCCCC. The molecular weight excluding hydrogens is 647 g/mol. The van der Waals surface area contributed by atoms with Crippen LogP contribution in [0.1, 0.15) is 168 Å². The van der Waals surface area contributed by atoms with Gasteiger partial charge in [-0.15, -0.1) is 0 Å². The quantitative estimate of drug-likeness (QED) is 0.0288. The lowest BCUT2D eigenvalue weighted by atomic mass is 10.1. The van der Waals surface area contributed by atoms with E-state index in [0.717, 1.165) is 57.8 Å². The number of amides is 1. The van der Waals surface area contributed by atoms with Crippen molar-refractivity contribution in [2.45, 2.75) is 180 Å². The molecular formula is C41H79N2O6P. The van der Waals surface area contributed by atoms with Gasteiger partial charge in [0.2, 0.25) is 5.91 Å². The number of unbranched alkanes of at least 4 members (excludes halogenated alkanes) is 19. The van der Waals surface area contributed by atoms with Crippen molar-refractivity contribution in [2.24, 2.45) is 0 Å². The smallest absolute Gasteiger partial charge is 0.268 e. The number of aliphatic hydroxyl groups excluding tert-OH is 1. The van der Waals surface area contributed by atoms with Crippen molar-refractivity contribution < 1.29 is 32.9 Å². The maximum atomic E-state index is 12.8. The van der Waals surface area contributed by atoms with Gasteiger partial charge in [0.1, 0.15) is 13.2 Å². The fourth-order valence-electron chi connectivity index (χ4n) is 5.51. The van der Waals surface area contributed by atoms with E-state index in [9.17, 15) is 19.4 Å². The number of phosphoric ester groups is 1. The fourth-order valence-corrected chi connectivity index (χ4v) is 6.24. The maximum absolute atomic E-state index is 12.8. The van der Waals surface area contributed by atoms with Gasteiger partial charge in [-0.05, 0) is 57.8 Å². The number of quaternary nitrogens is 1. The van der Waals surface area contributed by atoms with Gasteiger partial charge in [-0.1, -0.05) is 140 Å². The van der Waals surface area contributed by atoms with E-state index >= 15 is 0 Å². The first-order valence-corrected chi connectivity index (χ1v) is 21.8. The summed E-state index contributed by atoms with van der Waals surface area (Å²) < 4.78 is 23.1. The Morgan fingerprint density at radius 2 is 1.12 bits per heavy atom. The summed E-state index contributed by atoms with van der Waals surface area (Å²) >= 11 is 0. The summed E-state index contributed by atoms with van der Waals surface area (Å²) in [5, 5.41) is 13.7. The minimum Gasteiger partial charge on any atom is -0.756 e. The molecule has 1 amide bonds. The third kappa shape index (κ3) is 35.1. The largest absolute Gasteiger partial charge is 0.756 e. The lowest BCUT2D eigenvalue weighted by Crippen LogP contribution is -2.45. The van der Waals surface area contributed by atoms with E-state index < -0.39 is 26.6 Å². The molecule has 0 aromatic heterocycles. The third-order valence-electron chi connectivity index (χ3n) is 8.82. The van der Waals surface area contributed by atoms with Crippen molar-refractivity contribution in [1.82, 2.24) is 5.32 Å². The van der Waals surface area contributed by atoms with Gasteiger partial charge in [0.05, 0.1) is 39.9 Å². The Morgan fingerprint density at radius 1 is 0.680 bits per heavy atom. The van der Waals surface area contributed by atoms with Gasteiger partial charge in [0.25, 0.3) is 7.82 Å². The van der Waals surface area contributed by atoms with Gasteiger partial charge in [0.15, 0.2) is 0 Å². The van der Waals surface area contributed by atoms with Crippen molar-refractivity contribution >= 4 is 13.7 Å². The first-order valence-electron chi connectivity index (χ1n) is 20.4. The second-order valence-corrected chi connectivity index (χ2v) is 16.4. The number of phosphoric acid groups is 1. The number of nitrogens with one attached hydrogen (secondary N) is 1. The van der Waals surface area contributed by atoms with Gasteiger partial charge < -0.3 is 28.8 Å². The summed E-state index contributed by atoms with van der Waals surface area (Å²) in [7, 11) is 1.23. The molecule has 0 heterocycles. The van der Waals surface area contributed by atoms with Crippen LogP contribution < -0.4 is 10.2 Å². The summed E-state index contributed by atoms with van der Waals surface area (Å²) in [6.45, 7) is 4.58. The standard InChI is InChI=1S/C41H79N2O6P/c1-6-8-10-12-14-16-18-20-21-23-24-26-28-30-32-34-40(44)39(38-49-50(46,47)48-37-36-43(3,4)5)42-41(45)35-33-31-29-27-25-22-19-17-15-13-11-9-7-2/h17,19,24,26,32,34,39-40,44H,6-16,18,20-23,25,27-31,33,35-38H2,1-5H3,(H-,42,45,46,47)/b19-17-,26-24+,34-32+. The Labute approximate surface area is 308 Å². The van der Waals surface area contributed by atoms with Crippen molar-refractivity contribution in [1.29, 1.82) is 0 Å². The number of carbonyl (C=O) groups excluding carboxylic acids is 1. The fraction of sp³-hybridized carbons (Fsp3) is 0.829. The van der Waals surface area contributed by atoms with Crippen molar-refractivity contribution in [2.75, 3.05) is 40.9 Å². The molecule has 0 saturated carbocycles. The third-order valence-corrected chi connectivity index (χ3v) is 9.79. The van der Waals surface area contributed by atoms with Crippen LogP contribution in [0.3, 0.4) is 0 Å². The second kappa shape index (κ2) is 33.5. The number of hydrogen-bond acceptors (Lipinski definition) is 6. The van der Waals surface area contributed by atoms with Crippen LogP contribution in [0.4, 0.5) is 0 Å². The molecule has 9 heteroatoms. The first kappa shape index (κ1) is 48.7. The first-order chi connectivity index (χ1) is 24.0. The molecule has 0 fully saturated rings. The van der Waals surface area contributed by atoms with E-state index in [1.165, 1.54) is 89.9 Å². The van der Waals surface area contributed by atoms with Crippen LogP contribution >= 0.6 is 7.82 Å². The molecule has 0 bridgehead atoms. The number of carbonyl (C=O) groups is 1. The summed E-state index contributed by atoms with van der Waals surface area (Å²) in [5.41, 5.74) is 0. The van der Waals surface area contributed by atoms with Gasteiger partial charge in [0, 0.05) is 6.42 Å². The van der Waals surface area contributed by atoms with E-state index in [4.69, 9.17) is 9.05 Å². The van der Waals surface area contributed by atoms with Gasteiger partial charge in [-0.25, -0.2) is 0 Å². The molecule has 0 aliphatic rings. The molecule has 3 unspecified atom stereocenters. The van der Waals surface area contributed by atoms with Crippen LogP contribution in [-0.2, 0) is 18.4 Å². The molecule has 0 aromatic rings. The number of likely N-dealkylation sites (N-methyl/N-ethyl adjacent to an activating group) is 1. The molecule has 0 saturated heterocycles. The molecule has 0 rings (SSSR count). The normalized spacial score (nSPS) is 14.9. The molecule has 0 spiro atoms. The molecule has 2 N–H and O–H groups in total. The van der Waals surface area contributed by atoms with E-state index in [0.29, 0.717) is 17.4 Å². The van der Waals surface area contributed by atoms with Crippen molar-refractivity contribution in [3.63, 3.8) is 0 Å². The second-order valence-electron chi connectivity index (χ2n) is 15.0. The Balaban J connectivity index is 4.57. The van der Waals surface area contributed by atoms with Crippen LogP contribution in [0.15, 0.2) is 36.5 Å². The Kier molecular flexibility index (Phi) is 32.7. The Hall–Kier alpha value is -1.28. The average Bonchev–Trinajstić information content (AvgIpc) is 3.06. The molecule has 0 aromatic carbocycles. The summed E-state index contributed by atoms with van der Waals surface area (Å²) in [4.78, 5) is 25.2. The molecule has 294 valence electrons. The topological polar surface area (TPSA) is 108 Å². The number of nitrogens with zero attached hydrogens (tertiary/aromatic N) is 1. The lowest BCUT2D eigenvalue weighted by Gasteiger charge is -2.29. The van der Waals surface area contributed by atoms with Gasteiger partial charge in [-0.3, -0.25) is 9.36 Å². The van der Waals surface area contributed by atoms with Crippen LogP contribution in [0.5, 0.6) is 0 Å². The zero-order valence-electron chi connectivity index (χ0n) is 33.1. The molecule has 0 aliphatic carbocycles. The molecule has 0 aliphatic heterocycles. The lowest BCUT2D eigenvalue weighted by molar-refractivity contribution is -0.870. The molecule has 50 heavy (non-hydrogen) atoms. The predicted octanol–water partition coefficient (Wildman–Crippen LogP) is 10.1. The molecule has 8 nitrogen and oxygen atoms in total. The minimum absolute atomic E-state index is 0.00820. The predicted molar refractivity (Wildman–Crippen MR) is 210 cm³/mol. The molecule has 0 radical (unpaired) electrons. The summed E-state index contributed by atoms with van der Waals surface area (Å²) in [6.07, 6.45) is 39.0. The highest BCUT2D eigenvalue weighted by molar-refractivity contribution is 7.45. The minimum atomic E-state index is -4.59. The Bertz CT molecular complexity index is 917. The number of allylic oxidation sites excluding steroid dienone is 5. The van der Waals surface area contributed by atoms with Crippen molar-refractivity contribution in [3.8, 4) is 0 Å². The number of aliphatic hydroxyl groups is 1. The van der Waals surface area contributed by atoms with Crippen molar-refractivity contribution in [3.05, 3.63) is 36.5 Å². The highest BCUT2D eigenvalue weighted by atomic mass is 31.2. The molecule has 3 atom stereocenters. The van der Waals surface area contributed by atoms with Crippen LogP contribution in [0.2, 0.25) is 0 Å². The zero-order chi connectivity index (χ0) is 37.2. The van der Waals surface area contributed by atoms with Gasteiger partial charge in [-0.2, -0.15) is 0 Å². The number of hydrogen-bond donors (Lipinski definition) is 2. The highest BCUT2D eigenvalue weighted by Gasteiger charge is 2.23. The van der Waals surface area contributed by atoms with Gasteiger partial charge >= 0.3 is 0 Å². The Morgan fingerprint density at radius 3 is 1.64 bits per heavy atom. The average molecular weight is 727 g/mol. The summed E-state index contributed by atoms with van der Waals surface area (Å²) in [6, 6.07) is -0.904. The van der Waals surface area contributed by atoms with Crippen LogP contribution in [-0.4, -0.2) is 68.5 Å². The van der Waals surface area contributed by atoms with E-state index in [1.54, 1.807) is 6.08 Å². The monoisotopic (exact) mass is 727 g/mol. The zero-order valence-corrected chi connectivity index (χ0v) is 34.0. The van der Waals surface area contributed by atoms with Crippen LogP contribution in [0.25, 0.3) is 0 Å². The highest BCUT2D eigenvalue weighted by Crippen LogP contribution is 2.38. The van der Waals surface area contributed by atoms with Crippen LogP contribution in [0, 0.1) is 0 Å². The van der Waals surface area contributed by atoms with E-state index in [2.05, 4.69) is 43.5 Å². The van der Waals surface area contributed by atoms with E-state index in [1.807, 2.05) is 27.2 Å². The van der Waals surface area contributed by atoms with E-state index in [-0.39, 0.29) is 12.5 Å².